The summed E-state index contributed by atoms with van der Waals surface area (Å²) in [5.74, 6) is 0.262. The summed E-state index contributed by atoms with van der Waals surface area (Å²) in [4.78, 5) is 23.2. The molecule has 2 aromatic rings. The Balaban J connectivity index is 2.07. The van der Waals surface area contributed by atoms with Crippen LogP contribution in [0.15, 0.2) is 24.3 Å². The summed E-state index contributed by atoms with van der Waals surface area (Å²) in [6.45, 7) is 7.50. The van der Waals surface area contributed by atoms with Crippen molar-refractivity contribution < 1.29 is 4.79 Å². The van der Waals surface area contributed by atoms with Crippen molar-refractivity contribution in [2.45, 2.75) is 27.2 Å². The lowest BCUT2D eigenvalue weighted by Gasteiger charge is -2.12. The van der Waals surface area contributed by atoms with E-state index in [1.807, 2.05) is 40.1 Å². The number of rotatable bonds is 7. The van der Waals surface area contributed by atoms with E-state index in [1.165, 1.54) is 5.56 Å². The summed E-state index contributed by atoms with van der Waals surface area (Å²) in [6, 6.07) is 7.83. The largest absolute Gasteiger partial charge is 0.351 e. The molecule has 0 saturated carbocycles. The van der Waals surface area contributed by atoms with Gasteiger partial charge < -0.3 is 15.5 Å². The van der Waals surface area contributed by atoms with Crippen LogP contribution in [0.4, 0.5) is 11.6 Å². The van der Waals surface area contributed by atoms with Gasteiger partial charge in [0.15, 0.2) is 0 Å². The molecular weight excluding hydrogens is 314 g/mol. The maximum Gasteiger partial charge on any atom is 0.270 e. The number of nitrogens with zero attached hydrogens (tertiary/aromatic N) is 3. The Morgan fingerprint density at radius 2 is 1.88 bits per heavy atom. The summed E-state index contributed by atoms with van der Waals surface area (Å²) in [6.07, 6.45) is 0.899. The number of nitrogens with one attached hydrogen (secondary N) is 2. The highest BCUT2D eigenvalue weighted by Crippen LogP contribution is 2.19. The molecule has 1 aromatic heterocycles. The molecule has 0 spiro atoms. The minimum Gasteiger partial charge on any atom is -0.351 e. The number of anilines is 2. The highest BCUT2D eigenvalue weighted by Gasteiger charge is 2.11. The van der Waals surface area contributed by atoms with Gasteiger partial charge >= 0.3 is 0 Å². The second kappa shape index (κ2) is 8.58. The van der Waals surface area contributed by atoms with E-state index >= 15 is 0 Å². The quantitative estimate of drug-likeness (QED) is 0.758. The first kappa shape index (κ1) is 18.9. The number of hydrogen-bond acceptors (Lipinski definition) is 5. The third-order valence-corrected chi connectivity index (χ3v) is 3.78. The summed E-state index contributed by atoms with van der Waals surface area (Å²) in [5.41, 5.74) is 4.38. The molecule has 134 valence electrons. The first-order chi connectivity index (χ1) is 11.8. The van der Waals surface area contributed by atoms with Gasteiger partial charge in [0.1, 0.15) is 5.69 Å². The van der Waals surface area contributed by atoms with Crippen LogP contribution in [0.1, 0.15) is 33.7 Å². The van der Waals surface area contributed by atoms with Gasteiger partial charge in [0.05, 0.1) is 0 Å². The predicted molar refractivity (Wildman–Crippen MR) is 101 cm³/mol. The van der Waals surface area contributed by atoms with Crippen LogP contribution in [0, 0.1) is 20.8 Å². The van der Waals surface area contributed by atoms with E-state index in [1.54, 1.807) is 6.07 Å². The van der Waals surface area contributed by atoms with E-state index in [4.69, 9.17) is 0 Å². The van der Waals surface area contributed by atoms with Gasteiger partial charge in [0, 0.05) is 17.9 Å². The van der Waals surface area contributed by atoms with E-state index in [2.05, 4.69) is 38.5 Å². The number of amides is 1. The molecule has 1 amide bonds. The van der Waals surface area contributed by atoms with Crippen LogP contribution >= 0.6 is 0 Å². The Kier molecular flexibility index (Phi) is 6.47. The number of carbonyl (C=O) groups is 1. The molecule has 0 fully saturated rings. The van der Waals surface area contributed by atoms with Crippen LogP contribution in [-0.4, -0.2) is 48.0 Å². The van der Waals surface area contributed by atoms with Crippen molar-refractivity contribution in [3.8, 4) is 0 Å². The van der Waals surface area contributed by atoms with Gasteiger partial charge in [-0.25, -0.2) is 9.97 Å². The maximum absolute atomic E-state index is 12.3. The fourth-order valence-electron chi connectivity index (χ4n) is 2.50. The van der Waals surface area contributed by atoms with E-state index < -0.39 is 0 Å². The molecule has 6 nitrogen and oxygen atoms in total. The Hall–Kier alpha value is -2.47. The van der Waals surface area contributed by atoms with Crippen molar-refractivity contribution in [1.29, 1.82) is 0 Å². The van der Waals surface area contributed by atoms with Gasteiger partial charge in [0.25, 0.3) is 5.91 Å². The van der Waals surface area contributed by atoms with Crippen LogP contribution < -0.4 is 10.6 Å². The van der Waals surface area contributed by atoms with Crippen LogP contribution in [-0.2, 0) is 0 Å². The Bertz CT molecular complexity index is 743. The summed E-state index contributed by atoms with van der Waals surface area (Å²) in [5, 5.41) is 6.12. The number of hydrogen-bond donors (Lipinski definition) is 2. The third kappa shape index (κ3) is 5.83. The van der Waals surface area contributed by atoms with Gasteiger partial charge in [-0.1, -0.05) is 17.7 Å². The van der Waals surface area contributed by atoms with Crippen LogP contribution in [0.25, 0.3) is 0 Å². The molecule has 1 heterocycles. The fraction of sp³-hybridized carbons (Fsp3) is 0.421. The van der Waals surface area contributed by atoms with Gasteiger partial charge in [-0.05, 0) is 65.5 Å². The van der Waals surface area contributed by atoms with Crippen molar-refractivity contribution in [1.82, 2.24) is 20.2 Å². The van der Waals surface area contributed by atoms with Crippen LogP contribution in [0.2, 0.25) is 0 Å². The number of benzene rings is 1. The molecule has 25 heavy (non-hydrogen) atoms. The Labute approximate surface area is 149 Å². The van der Waals surface area contributed by atoms with Crippen molar-refractivity contribution in [2.75, 3.05) is 32.5 Å². The molecular formula is C19H27N5O. The van der Waals surface area contributed by atoms with E-state index in [0.29, 0.717) is 18.2 Å². The first-order valence-electron chi connectivity index (χ1n) is 8.48. The normalized spacial score (nSPS) is 10.8. The fourth-order valence-corrected chi connectivity index (χ4v) is 2.50. The SMILES string of the molecule is Cc1ccc(Nc2nc(C)cc(C(=O)NCCCN(C)C)n2)c(C)c1. The van der Waals surface area contributed by atoms with Crippen LogP contribution in [0.3, 0.4) is 0 Å². The lowest BCUT2D eigenvalue weighted by Crippen LogP contribution is -2.28. The van der Waals surface area contributed by atoms with Gasteiger partial charge in [-0.15, -0.1) is 0 Å². The summed E-state index contributed by atoms with van der Waals surface area (Å²) in [7, 11) is 4.03. The van der Waals surface area contributed by atoms with E-state index in [9.17, 15) is 4.79 Å². The van der Waals surface area contributed by atoms with Gasteiger partial charge in [-0.2, -0.15) is 0 Å². The molecule has 0 aliphatic heterocycles. The second-order valence-corrected chi connectivity index (χ2v) is 6.57. The average molecular weight is 341 g/mol. The topological polar surface area (TPSA) is 70.2 Å². The Morgan fingerprint density at radius 3 is 2.56 bits per heavy atom. The molecule has 2 rings (SSSR count). The maximum atomic E-state index is 12.3. The van der Waals surface area contributed by atoms with Crippen molar-refractivity contribution in [3.05, 3.63) is 46.8 Å². The highest BCUT2D eigenvalue weighted by molar-refractivity contribution is 5.92. The van der Waals surface area contributed by atoms with Gasteiger partial charge in [0.2, 0.25) is 5.95 Å². The molecule has 6 heteroatoms. The monoisotopic (exact) mass is 341 g/mol. The van der Waals surface area contributed by atoms with Crippen LogP contribution in [0.5, 0.6) is 0 Å². The summed E-state index contributed by atoms with van der Waals surface area (Å²) < 4.78 is 0. The number of aryl methyl sites for hydroxylation is 3. The van der Waals surface area contributed by atoms with Crippen molar-refractivity contribution in [2.24, 2.45) is 0 Å². The standard InChI is InChI=1S/C19H27N5O/c1-13-7-8-16(14(2)11-13)22-19-21-15(3)12-17(23-19)18(25)20-9-6-10-24(4)5/h7-8,11-12H,6,9-10H2,1-5H3,(H,20,25)(H,21,22,23). The lowest BCUT2D eigenvalue weighted by molar-refractivity contribution is 0.0947. The minimum absolute atomic E-state index is 0.173. The van der Waals surface area contributed by atoms with Crippen molar-refractivity contribution in [3.63, 3.8) is 0 Å². The zero-order chi connectivity index (χ0) is 18.4. The molecule has 1 aromatic carbocycles. The van der Waals surface area contributed by atoms with Gasteiger partial charge in [-0.3, -0.25) is 4.79 Å². The number of carbonyl (C=O) groups excluding carboxylic acids is 1. The van der Waals surface area contributed by atoms with E-state index in [0.717, 1.165) is 29.9 Å². The molecule has 0 aliphatic carbocycles. The molecule has 0 bridgehead atoms. The molecule has 0 saturated heterocycles. The predicted octanol–water partition coefficient (Wildman–Crippen LogP) is 2.83. The second-order valence-electron chi connectivity index (χ2n) is 6.57. The molecule has 0 atom stereocenters. The van der Waals surface area contributed by atoms with E-state index in [-0.39, 0.29) is 5.91 Å². The molecule has 0 aliphatic rings. The molecule has 2 N–H and O–H groups in total. The zero-order valence-corrected chi connectivity index (χ0v) is 15.7. The summed E-state index contributed by atoms with van der Waals surface area (Å²) >= 11 is 0. The lowest BCUT2D eigenvalue weighted by atomic mass is 10.1. The average Bonchev–Trinajstić information content (AvgIpc) is 2.53. The first-order valence-corrected chi connectivity index (χ1v) is 8.48. The minimum atomic E-state index is -0.173. The molecule has 0 radical (unpaired) electrons. The smallest absolute Gasteiger partial charge is 0.270 e. The Morgan fingerprint density at radius 1 is 1.12 bits per heavy atom. The highest BCUT2D eigenvalue weighted by atomic mass is 16.1. The zero-order valence-electron chi connectivity index (χ0n) is 15.7. The number of aromatic nitrogens is 2. The van der Waals surface area contributed by atoms with Crippen molar-refractivity contribution >= 4 is 17.5 Å². The molecule has 0 unspecified atom stereocenters. The third-order valence-electron chi connectivity index (χ3n) is 3.78.